The molecule has 1 aromatic heterocycles. The molecule has 2 heterocycles. The lowest BCUT2D eigenvalue weighted by Crippen LogP contribution is -2.46. The second-order valence-electron chi connectivity index (χ2n) is 7.26. The fourth-order valence-corrected chi connectivity index (χ4v) is 3.62. The van der Waals surface area contributed by atoms with Crippen molar-refractivity contribution in [2.24, 2.45) is 0 Å². The number of hydrogen-bond donors (Lipinski definition) is 4. The van der Waals surface area contributed by atoms with Crippen molar-refractivity contribution < 1.29 is 29.7 Å². The molecule has 32 heavy (non-hydrogen) atoms. The Morgan fingerprint density at radius 3 is 2.47 bits per heavy atom. The molecule has 1 saturated heterocycles. The van der Waals surface area contributed by atoms with Gasteiger partial charge in [0.05, 0.1) is 47.7 Å². The van der Waals surface area contributed by atoms with Crippen LogP contribution in [0.5, 0.6) is 0 Å². The summed E-state index contributed by atoms with van der Waals surface area (Å²) in [6.45, 7) is 0.722. The number of carbonyl (C=O) groups is 3. The molecule has 12 heteroatoms. The predicted molar refractivity (Wildman–Crippen MR) is 120 cm³/mol. The van der Waals surface area contributed by atoms with Crippen LogP contribution in [0.2, 0.25) is 5.02 Å². The number of nitrogens with one attached hydrogen (secondary N) is 1. The van der Waals surface area contributed by atoms with Crippen LogP contribution in [0.15, 0.2) is 27.7 Å². The van der Waals surface area contributed by atoms with Gasteiger partial charge >= 0.3 is 11.9 Å². The van der Waals surface area contributed by atoms with E-state index in [1.807, 2.05) is 0 Å². The van der Waals surface area contributed by atoms with Gasteiger partial charge in [0.25, 0.3) is 5.56 Å². The molecular formula is C20H23BrClN3O7. The molecule has 1 aromatic carbocycles. The van der Waals surface area contributed by atoms with Crippen LogP contribution in [0.3, 0.4) is 0 Å². The van der Waals surface area contributed by atoms with Crippen molar-refractivity contribution in [3.63, 3.8) is 0 Å². The number of aliphatic carboxylic acids is 2. The van der Waals surface area contributed by atoms with Crippen LogP contribution in [-0.2, 0) is 20.9 Å². The van der Waals surface area contributed by atoms with E-state index in [9.17, 15) is 24.3 Å². The van der Waals surface area contributed by atoms with Crippen LogP contribution in [0, 0.1) is 0 Å². The fraction of sp³-hybridized carbons (Fsp3) is 0.450. The minimum Gasteiger partial charge on any atom is -0.481 e. The van der Waals surface area contributed by atoms with Gasteiger partial charge in [0.1, 0.15) is 0 Å². The van der Waals surface area contributed by atoms with Gasteiger partial charge < -0.3 is 20.6 Å². The molecule has 1 aliphatic rings. The first-order valence-electron chi connectivity index (χ1n) is 9.79. The SMILES string of the molecule is O=C(C[C@@H]1NCCC[C@H]1O)Cn1cnc2cc(Br)c(Cl)cc2c1=O.O=C(O)CCC(=O)O. The number of carbonyl (C=O) groups excluding carboxylic acids is 1. The minimum atomic E-state index is -1.08. The van der Waals surface area contributed by atoms with Crippen molar-refractivity contribution in [1.29, 1.82) is 0 Å². The number of hydrogen-bond acceptors (Lipinski definition) is 7. The third-order valence-corrected chi connectivity index (χ3v) is 5.96. The van der Waals surface area contributed by atoms with Crippen molar-refractivity contribution in [2.45, 2.75) is 50.8 Å². The zero-order valence-electron chi connectivity index (χ0n) is 17.0. The molecule has 3 rings (SSSR count). The third kappa shape index (κ3) is 7.66. The van der Waals surface area contributed by atoms with Crippen molar-refractivity contribution in [2.75, 3.05) is 6.54 Å². The van der Waals surface area contributed by atoms with Crippen molar-refractivity contribution >= 4 is 56.2 Å². The highest BCUT2D eigenvalue weighted by Gasteiger charge is 2.25. The Morgan fingerprint density at radius 1 is 1.22 bits per heavy atom. The number of Topliss-reactive ketones (excluding diaryl/α,β-unsaturated/α-hetero) is 1. The second-order valence-corrected chi connectivity index (χ2v) is 8.52. The number of aromatic nitrogens is 2. The van der Waals surface area contributed by atoms with Crippen LogP contribution >= 0.6 is 27.5 Å². The molecule has 0 aliphatic carbocycles. The highest BCUT2D eigenvalue weighted by atomic mass is 79.9. The van der Waals surface area contributed by atoms with E-state index in [4.69, 9.17) is 21.8 Å². The fourth-order valence-electron chi connectivity index (χ4n) is 3.12. The van der Waals surface area contributed by atoms with Crippen LogP contribution in [-0.4, -0.2) is 61.3 Å². The standard InChI is InChI=1S/C16H17BrClN3O3.C4H6O4/c17-11-6-13-10(5-12(11)18)16(24)21(8-20-13)7-9(22)4-14-15(23)2-1-3-19-14;5-3(6)1-2-4(7)8/h5-6,8,14-15,19,23H,1-4,7H2;1-2H2,(H,5,6)(H,7,8)/t14-,15+;/m0./s1. The van der Waals surface area contributed by atoms with Gasteiger partial charge in [-0.2, -0.15) is 0 Å². The van der Waals surface area contributed by atoms with E-state index < -0.39 is 18.0 Å². The Kier molecular flexibility index (Phi) is 9.76. The number of carboxylic acid groups (broad SMARTS) is 2. The smallest absolute Gasteiger partial charge is 0.303 e. The number of aliphatic hydroxyl groups excluding tert-OH is 1. The molecule has 1 aliphatic heterocycles. The molecule has 2 atom stereocenters. The molecule has 0 unspecified atom stereocenters. The number of ketones is 1. The van der Waals surface area contributed by atoms with Crippen molar-refractivity contribution in [3.05, 3.63) is 38.3 Å². The second kappa shape index (κ2) is 12.0. The average Bonchev–Trinajstić information content (AvgIpc) is 2.72. The van der Waals surface area contributed by atoms with E-state index >= 15 is 0 Å². The van der Waals surface area contributed by atoms with Crippen LogP contribution in [0.25, 0.3) is 10.9 Å². The van der Waals surface area contributed by atoms with Crippen molar-refractivity contribution in [1.82, 2.24) is 14.9 Å². The molecule has 0 bridgehead atoms. The maximum absolute atomic E-state index is 12.5. The molecule has 0 saturated carbocycles. The summed E-state index contributed by atoms with van der Waals surface area (Å²) in [6.07, 6.45) is 2.03. The first-order valence-corrected chi connectivity index (χ1v) is 11.0. The van der Waals surface area contributed by atoms with E-state index in [-0.39, 0.29) is 43.2 Å². The number of benzene rings is 1. The number of aliphatic hydroxyl groups is 1. The maximum Gasteiger partial charge on any atom is 0.303 e. The highest BCUT2D eigenvalue weighted by Crippen LogP contribution is 2.25. The average molecular weight is 533 g/mol. The zero-order valence-corrected chi connectivity index (χ0v) is 19.3. The molecule has 0 radical (unpaired) electrons. The number of rotatable bonds is 7. The Morgan fingerprint density at radius 2 is 1.88 bits per heavy atom. The quantitative estimate of drug-likeness (QED) is 0.417. The van der Waals surface area contributed by atoms with Gasteiger partial charge in [-0.1, -0.05) is 11.6 Å². The minimum absolute atomic E-state index is 0.0691. The Balaban J connectivity index is 0.000000390. The lowest BCUT2D eigenvalue weighted by Gasteiger charge is -2.28. The molecule has 174 valence electrons. The molecule has 4 N–H and O–H groups in total. The predicted octanol–water partition coefficient (Wildman–Crippen LogP) is 1.82. The molecular weight excluding hydrogens is 510 g/mol. The summed E-state index contributed by atoms with van der Waals surface area (Å²) >= 11 is 9.33. The van der Waals surface area contributed by atoms with E-state index in [1.165, 1.54) is 10.9 Å². The zero-order chi connectivity index (χ0) is 23.8. The van der Waals surface area contributed by atoms with Crippen LogP contribution < -0.4 is 10.9 Å². The van der Waals surface area contributed by atoms with E-state index in [0.29, 0.717) is 26.8 Å². The normalized spacial score (nSPS) is 18.0. The van der Waals surface area contributed by atoms with E-state index in [0.717, 1.165) is 13.0 Å². The summed E-state index contributed by atoms with van der Waals surface area (Å²) in [6, 6.07) is 2.97. The van der Waals surface area contributed by atoms with Gasteiger partial charge in [-0.05, 0) is 47.4 Å². The monoisotopic (exact) mass is 531 g/mol. The summed E-state index contributed by atoms with van der Waals surface area (Å²) in [5.41, 5.74) is 0.212. The summed E-state index contributed by atoms with van der Waals surface area (Å²) < 4.78 is 1.94. The number of carboxylic acids is 2. The molecule has 1 fully saturated rings. The number of fused-ring (bicyclic) bond motifs is 1. The topological polar surface area (TPSA) is 159 Å². The Labute approximate surface area is 196 Å². The van der Waals surface area contributed by atoms with Gasteiger partial charge in [-0.25, -0.2) is 4.98 Å². The molecule has 0 spiro atoms. The number of piperidine rings is 1. The largest absolute Gasteiger partial charge is 0.481 e. The van der Waals surface area contributed by atoms with E-state index in [1.54, 1.807) is 12.1 Å². The van der Waals surface area contributed by atoms with Crippen LogP contribution in [0.4, 0.5) is 0 Å². The molecule has 2 aromatic rings. The lowest BCUT2D eigenvalue weighted by molar-refractivity contribution is -0.143. The van der Waals surface area contributed by atoms with Gasteiger partial charge in [-0.3, -0.25) is 23.7 Å². The Hall–Kier alpha value is -2.34. The third-order valence-electron chi connectivity index (χ3n) is 4.76. The summed E-state index contributed by atoms with van der Waals surface area (Å²) in [5.74, 6) is -2.28. The van der Waals surface area contributed by atoms with Gasteiger partial charge in [0.2, 0.25) is 0 Å². The highest BCUT2D eigenvalue weighted by molar-refractivity contribution is 9.10. The van der Waals surface area contributed by atoms with Crippen LogP contribution in [0.1, 0.15) is 32.1 Å². The molecule has 0 amide bonds. The number of halogens is 2. The molecule has 10 nitrogen and oxygen atoms in total. The Bertz CT molecular complexity index is 1050. The first kappa shape index (κ1) is 25.9. The summed E-state index contributed by atoms with van der Waals surface area (Å²) in [4.78, 5) is 48.3. The van der Waals surface area contributed by atoms with Crippen molar-refractivity contribution in [3.8, 4) is 0 Å². The maximum atomic E-state index is 12.5. The van der Waals surface area contributed by atoms with E-state index in [2.05, 4.69) is 26.2 Å². The lowest BCUT2D eigenvalue weighted by atomic mass is 9.97. The number of nitrogens with zero attached hydrogens (tertiary/aromatic N) is 2. The van der Waals surface area contributed by atoms with Gasteiger partial charge in [0, 0.05) is 16.9 Å². The van der Waals surface area contributed by atoms with Gasteiger partial charge in [0.15, 0.2) is 5.78 Å². The van der Waals surface area contributed by atoms with Gasteiger partial charge in [-0.15, -0.1) is 0 Å². The first-order chi connectivity index (χ1) is 15.1. The summed E-state index contributed by atoms with van der Waals surface area (Å²) in [7, 11) is 0. The summed E-state index contributed by atoms with van der Waals surface area (Å²) in [5, 5.41) is 29.7.